The lowest BCUT2D eigenvalue weighted by molar-refractivity contribution is -0.104. The van der Waals surface area contributed by atoms with Gasteiger partial charge in [-0.2, -0.15) is 0 Å². The molecular weight excluding hydrogens is 388 g/mol. The van der Waals surface area contributed by atoms with E-state index in [4.69, 9.17) is 16.3 Å². The van der Waals surface area contributed by atoms with Crippen molar-refractivity contribution in [3.63, 3.8) is 0 Å². The van der Waals surface area contributed by atoms with Crippen molar-refractivity contribution in [2.75, 3.05) is 0 Å². The monoisotopic (exact) mass is 404 g/mol. The van der Waals surface area contributed by atoms with Crippen molar-refractivity contribution in [2.45, 2.75) is 6.42 Å². The quantitative estimate of drug-likeness (QED) is 0.180. The number of rotatable bonds is 7. The topological polar surface area (TPSA) is 60.4 Å². The predicted molar refractivity (Wildman–Crippen MR) is 112 cm³/mol. The van der Waals surface area contributed by atoms with Gasteiger partial charge in [0.1, 0.15) is 12.0 Å². The maximum Gasteiger partial charge on any atom is 0.343 e. The summed E-state index contributed by atoms with van der Waals surface area (Å²) < 4.78 is 5.44. The fourth-order valence-electron chi connectivity index (χ4n) is 2.80. The Morgan fingerprint density at radius 3 is 2.10 bits per heavy atom. The highest BCUT2D eigenvalue weighted by molar-refractivity contribution is 6.49. The summed E-state index contributed by atoms with van der Waals surface area (Å²) in [5.41, 5.74) is 2.06. The molecule has 3 aromatic carbocycles. The first-order chi connectivity index (χ1) is 14.1. The van der Waals surface area contributed by atoms with Crippen LogP contribution in [0.4, 0.5) is 0 Å². The molecule has 0 heterocycles. The Kier molecular flexibility index (Phi) is 6.72. The van der Waals surface area contributed by atoms with Gasteiger partial charge in [0.05, 0.1) is 10.6 Å². The van der Waals surface area contributed by atoms with Gasteiger partial charge in [-0.1, -0.05) is 60.1 Å². The van der Waals surface area contributed by atoms with E-state index in [0.717, 1.165) is 0 Å². The Balaban J connectivity index is 1.91. The Morgan fingerprint density at radius 2 is 1.48 bits per heavy atom. The number of hydrogen-bond acceptors (Lipinski definition) is 4. The van der Waals surface area contributed by atoms with E-state index in [-0.39, 0.29) is 23.0 Å². The van der Waals surface area contributed by atoms with Gasteiger partial charge in [-0.05, 0) is 47.5 Å². The Morgan fingerprint density at radius 1 is 0.862 bits per heavy atom. The van der Waals surface area contributed by atoms with Crippen LogP contribution in [0.2, 0.25) is 0 Å². The van der Waals surface area contributed by atoms with Crippen LogP contribution >= 0.6 is 11.6 Å². The number of carbonyl (C=O) groups excluding carboxylic acids is 3. The SMILES string of the molecule is O=C/C=C(\Cl)c1ccc(OC(=O)c2ccccc2)cc1CC(=O)c1ccccc1. The summed E-state index contributed by atoms with van der Waals surface area (Å²) in [6.07, 6.45) is 1.83. The van der Waals surface area contributed by atoms with Gasteiger partial charge in [-0.15, -0.1) is 0 Å². The van der Waals surface area contributed by atoms with E-state index in [1.165, 1.54) is 6.08 Å². The highest BCUT2D eigenvalue weighted by atomic mass is 35.5. The molecule has 0 aliphatic heterocycles. The summed E-state index contributed by atoms with van der Waals surface area (Å²) >= 11 is 6.21. The molecule has 5 heteroatoms. The maximum atomic E-state index is 12.7. The van der Waals surface area contributed by atoms with E-state index in [1.807, 2.05) is 6.07 Å². The molecular formula is C24H17ClO4. The van der Waals surface area contributed by atoms with Crippen LogP contribution in [0.15, 0.2) is 84.9 Å². The second-order valence-corrected chi connectivity index (χ2v) is 6.60. The molecule has 0 N–H and O–H groups in total. The first kappa shape index (κ1) is 20.2. The van der Waals surface area contributed by atoms with Gasteiger partial charge in [0.15, 0.2) is 5.78 Å². The minimum Gasteiger partial charge on any atom is -0.423 e. The van der Waals surface area contributed by atoms with Crippen molar-refractivity contribution in [3.8, 4) is 5.75 Å². The van der Waals surface area contributed by atoms with E-state index in [0.29, 0.717) is 28.5 Å². The van der Waals surface area contributed by atoms with Gasteiger partial charge in [0.2, 0.25) is 0 Å². The third-order valence-electron chi connectivity index (χ3n) is 4.22. The fourth-order valence-corrected chi connectivity index (χ4v) is 3.04. The zero-order valence-corrected chi connectivity index (χ0v) is 16.1. The number of carbonyl (C=O) groups is 3. The van der Waals surface area contributed by atoms with Crippen LogP contribution in [0.25, 0.3) is 5.03 Å². The zero-order chi connectivity index (χ0) is 20.6. The first-order valence-electron chi connectivity index (χ1n) is 8.88. The van der Waals surface area contributed by atoms with Gasteiger partial charge in [0, 0.05) is 12.0 Å². The lowest BCUT2D eigenvalue weighted by Gasteiger charge is -2.11. The lowest BCUT2D eigenvalue weighted by Crippen LogP contribution is -2.10. The van der Waals surface area contributed by atoms with Crippen molar-refractivity contribution >= 4 is 34.7 Å². The summed E-state index contributed by atoms with van der Waals surface area (Å²) in [4.78, 5) is 35.8. The molecule has 0 amide bonds. The smallest absolute Gasteiger partial charge is 0.343 e. The van der Waals surface area contributed by atoms with E-state index in [1.54, 1.807) is 72.8 Å². The van der Waals surface area contributed by atoms with E-state index >= 15 is 0 Å². The molecule has 0 fully saturated rings. The number of Topliss-reactive ketones (excluding diaryl/α,β-unsaturated/α-hetero) is 1. The van der Waals surface area contributed by atoms with Crippen molar-refractivity contribution in [3.05, 3.63) is 107 Å². The van der Waals surface area contributed by atoms with Gasteiger partial charge < -0.3 is 4.74 Å². The molecule has 4 nitrogen and oxygen atoms in total. The highest BCUT2D eigenvalue weighted by Crippen LogP contribution is 2.28. The normalized spacial score (nSPS) is 11.0. The van der Waals surface area contributed by atoms with Gasteiger partial charge in [-0.3, -0.25) is 9.59 Å². The van der Waals surface area contributed by atoms with Crippen LogP contribution in [0.3, 0.4) is 0 Å². The van der Waals surface area contributed by atoms with Crippen LogP contribution in [0.5, 0.6) is 5.75 Å². The molecule has 144 valence electrons. The number of hydrogen-bond donors (Lipinski definition) is 0. The minimum atomic E-state index is -0.506. The molecule has 0 aliphatic carbocycles. The Bertz CT molecular complexity index is 1060. The van der Waals surface area contributed by atoms with E-state index < -0.39 is 5.97 Å². The largest absolute Gasteiger partial charge is 0.423 e. The second kappa shape index (κ2) is 9.62. The van der Waals surface area contributed by atoms with Crippen molar-refractivity contribution in [1.82, 2.24) is 0 Å². The number of ketones is 1. The Labute approximate surface area is 173 Å². The van der Waals surface area contributed by atoms with Crippen molar-refractivity contribution in [2.24, 2.45) is 0 Å². The highest BCUT2D eigenvalue weighted by Gasteiger charge is 2.15. The van der Waals surface area contributed by atoms with Crippen LogP contribution in [-0.4, -0.2) is 18.0 Å². The van der Waals surface area contributed by atoms with Crippen molar-refractivity contribution in [1.29, 1.82) is 0 Å². The molecule has 3 aromatic rings. The molecule has 0 aliphatic rings. The summed E-state index contributed by atoms with van der Waals surface area (Å²) in [5.74, 6) is -0.337. The number of halogens is 1. The molecule has 0 bridgehead atoms. The standard InChI is InChI=1S/C24H17ClO4/c25-22(13-14-26)21-12-11-20(29-24(28)18-9-5-2-6-10-18)15-19(21)16-23(27)17-7-3-1-4-8-17/h1-15H,16H2/b22-13-. The summed E-state index contributed by atoms with van der Waals surface area (Å²) in [7, 11) is 0. The molecule has 3 rings (SSSR count). The molecule has 0 saturated heterocycles. The molecule has 0 radical (unpaired) electrons. The fraction of sp³-hybridized carbons (Fsp3) is 0.0417. The molecule has 0 atom stereocenters. The summed E-state index contributed by atoms with van der Waals surface area (Å²) in [5, 5.41) is 0.205. The number of aldehydes is 1. The average molecular weight is 405 g/mol. The molecule has 0 saturated carbocycles. The third kappa shape index (κ3) is 5.27. The Hall–Kier alpha value is -3.50. The molecule has 29 heavy (non-hydrogen) atoms. The first-order valence-corrected chi connectivity index (χ1v) is 9.26. The number of benzene rings is 3. The summed E-state index contributed by atoms with van der Waals surface area (Å²) in [6.45, 7) is 0. The van der Waals surface area contributed by atoms with Gasteiger partial charge in [0.25, 0.3) is 0 Å². The molecule has 0 unspecified atom stereocenters. The second-order valence-electron chi connectivity index (χ2n) is 6.19. The third-order valence-corrected chi connectivity index (χ3v) is 4.54. The van der Waals surface area contributed by atoms with Gasteiger partial charge in [-0.25, -0.2) is 4.79 Å². The van der Waals surface area contributed by atoms with Gasteiger partial charge >= 0.3 is 5.97 Å². The predicted octanol–water partition coefficient (Wildman–Crippen LogP) is 5.11. The zero-order valence-electron chi connectivity index (χ0n) is 15.4. The maximum absolute atomic E-state index is 12.7. The van der Waals surface area contributed by atoms with Crippen molar-refractivity contribution < 1.29 is 19.1 Å². The van der Waals surface area contributed by atoms with Crippen LogP contribution in [-0.2, 0) is 11.2 Å². The molecule has 0 aromatic heterocycles. The van der Waals surface area contributed by atoms with Crippen LogP contribution in [0.1, 0.15) is 31.8 Å². The number of ether oxygens (including phenoxy) is 1. The van der Waals surface area contributed by atoms with E-state index in [2.05, 4.69) is 0 Å². The average Bonchev–Trinajstić information content (AvgIpc) is 2.75. The number of allylic oxidation sites excluding steroid dienone is 1. The van der Waals surface area contributed by atoms with Crippen LogP contribution < -0.4 is 4.74 Å². The van der Waals surface area contributed by atoms with Crippen LogP contribution in [0, 0.1) is 0 Å². The minimum absolute atomic E-state index is 0.0407. The summed E-state index contributed by atoms with van der Waals surface area (Å²) in [6, 6.07) is 22.2. The number of esters is 1. The van der Waals surface area contributed by atoms with E-state index in [9.17, 15) is 14.4 Å². The molecule has 0 spiro atoms. The lowest BCUT2D eigenvalue weighted by atomic mass is 9.98.